The van der Waals surface area contributed by atoms with E-state index < -0.39 is 58.9 Å². The number of rotatable bonds is 5. The summed E-state index contributed by atoms with van der Waals surface area (Å²) >= 11 is 2.90. The number of Topliss-reactive ketones (excluding diaryl/α,β-unsaturated/α-hetero) is 2. The number of nitrogens with one attached hydrogen (secondary N) is 1. The molecule has 2 heterocycles. The molecular weight excluding hydrogens is 432 g/mol. The van der Waals surface area contributed by atoms with Gasteiger partial charge in [0.15, 0.2) is 23.4 Å². The topological polar surface area (TPSA) is 165 Å². The number of hydrogen-bond donors (Lipinski definition) is 3. The maximum absolute atomic E-state index is 12.3. The number of carbonyl (C=O) groups excluding carboxylic acids is 3. The molecule has 12 heteroatoms. The van der Waals surface area contributed by atoms with Crippen molar-refractivity contribution in [3.05, 3.63) is 31.5 Å². The van der Waals surface area contributed by atoms with Crippen LogP contribution in [-0.4, -0.2) is 61.2 Å². The normalized spacial score (nSPS) is 30.1. The number of esters is 1. The van der Waals surface area contributed by atoms with Gasteiger partial charge in [-0.2, -0.15) is 0 Å². The molecule has 0 radical (unpaired) electrons. The van der Waals surface area contributed by atoms with Crippen molar-refractivity contribution in [1.82, 2.24) is 9.55 Å². The Kier molecular flexibility index (Phi) is 5.57. The van der Waals surface area contributed by atoms with Gasteiger partial charge in [0.25, 0.3) is 5.56 Å². The van der Waals surface area contributed by atoms with Gasteiger partial charge in [-0.15, -0.1) is 0 Å². The van der Waals surface area contributed by atoms with Crippen molar-refractivity contribution in [3.8, 4) is 0 Å². The highest BCUT2D eigenvalue weighted by Crippen LogP contribution is 2.46. The Bertz CT molecular complexity index is 923. The Morgan fingerprint density at radius 1 is 1.22 bits per heavy atom. The molecule has 0 aromatic carbocycles. The number of ether oxygens (including phenoxy) is 2. The summed E-state index contributed by atoms with van der Waals surface area (Å²) in [5.74, 6) is -2.88. The first-order chi connectivity index (χ1) is 12.4. The standard InChI is InChI=1S/C15H17BrN2O9/c1-6(19)14(24)10(5-26-8(3)21)27-12(15(14,25)7(2)20)18-4-9(16)11(22)17-13(18)23/h4,10,12,24-25H,5H2,1-3H3,(H,17,22,23)/t10-,12-,14-,15+/m1/s1. The van der Waals surface area contributed by atoms with Crippen molar-refractivity contribution in [1.29, 1.82) is 0 Å². The van der Waals surface area contributed by atoms with Gasteiger partial charge in [0.05, 0.1) is 4.47 Å². The maximum atomic E-state index is 12.3. The van der Waals surface area contributed by atoms with E-state index >= 15 is 0 Å². The molecule has 0 aliphatic carbocycles. The average Bonchev–Trinajstić information content (AvgIpc) is 2.79. The second-order valence-electron chi connectivity index (χ2n) is 6.07. The zero-order chi connectivity index (χ0) is 20.7. The molecule has 1 fully saturated rings. The number of nitrogens with zero attached hydrogens (tertiary/aromatic N) is 1. The highest BCUT2D eigenvalue weighted by Gasteiger charge is 2.72. The molecular formula is C15H17BrN2O9. The quantitative estimate of drug-likeness (QED) is 0.449. The van der Waals surface area contributed by atoms with Gasteiger partial charge in [-0.25, -0.2) is 4.79 Å². The van der Waals surface area contributed by atoms with Gasteiger partial charge in [0, 0.05) is 13.1 Å². The van der Waals surface area contributed by atoms with E-state index in [1.54, 1.807) is 0 Å². The van der Waals surface area contributed by atoms with Crippen molar-refractivity contribution in [2.24, 2.45) is 0 Å². The monoisotopic (exact) mass is 448 g/mol. The minimum atomic E-state index is -2.90. The molecule has 0 spiro atoms. The van der Waals surface area contributed by atoms with Gasteiger partial charge in [-0.05, 0) is 29.8 Å². The van der Waals surface area contributed by atoms with Crippen molar-refractivity contribution < 1.29 is 34.1 Å². The third-order valence-electron chi connectivity index (χ3n) is 4.39. The molecule has 1 saturated heterocycles. The molecule has 27 heavy (non-hydrogen) atoms. The van der Waals surface area contributed by atoms with Crippen LogP contribution in [0.3, 0.4) is 0 Å². The zero-order valence-corrected chi connectivity index (χ0v) is 16.1. The molecule has 1 aromatic rings. The van der Waals surface area contributed by atoms with Gasteiger partial charge >= 0.3 is 11.7 Å². The minimum absolute atomic E-state index is 0.133. The van der Waals surface area contributed by atoms with Crippen molar-refractivity contribution in [2.45, 2.75) is 44.3 Å². The summed E-state index contributed by atoms with van der Waals surface area (Å²) in [6, 6.07) is 0. The van der Waals surface area contributed by atoms with Gasteiger partial charge in [-0.1, -0.05) is 0 Å². The molecule has 4 atom stereocenters. The lowest BCUT2D eigenvalue weighted by Gasteiger charge is -2.37. The van der Waals surface area contributed by atoms with Crippen molar-refractivity contribution in [3.63, 3.8) is 0 Å². The lowest BCUT2D eigenvalue weighted by Crippen LogP contribution is -2.66. The first kappa shape index (κ1) is 21.2. The summed E-state index contributed by atoms with van der Waals surface area (Å²) in [5.41, 5.74) is -7.56. The Hall–Kier alpha value is -2.15. The first-order valence-electron chi connectivity index (χ1n) is 7.64. The molecule has 0 saturated carbocycles. The van der Waals surface area contributed by atoms with E-state index in [2.05, 4.69) is 15.9 Å². The Labute approximate surface area is 160 Å². The van der Waals surface area contributed by atoms with Crippen LogP contribution in [0.5, 0.6) is 0 Å². The number of carbonyl (C=O) groups is 3. The number of aliphatic hydroxyl groups is 2. The van der Waals surface area contributed by atoms with Crippen LogP contribution < -0.4 is 11.2 Å². The zero-order valence-electron chi connectivity index (χ0n) is 14.5. The highest BCUT2D eigenvalue weighted by molar-refractivity contribution is 9.10. The molecule has 1 aliphatic rings. The molecule has 0 unspecified atom stereocenters. The smallest absolute Gasteiger partial charge is 0.330 e. The summed E-state index contributed by atoms with van der Waals surface area (Å²) in [4.78, 5) is 61.2. The van der Waals surface area contributed by atoms with Crippen LogP contribution in [0.25, 0.3) is 0 Å². The summed E-state index contributed by atoms with van der Waals surface area (Å²) in [6.07, 6.45) is -2.60. The van der Waals surface area contributed by atoms with Gasteiger partial charge in [-0.3, -0.25) is 28.7 Å². The molecule has 0 bridgehead atoms. The fraction of sp³-hybridized carbons (Fsp3) is 0.533. The molecule has 1 aliphatic heterocycles. The van der Waals surface area contributed by atoms with Crippen LogP contribution in [0.4, 0.5) is 0 Å². The maximum Gasteiger partial charge on any atom is 0.330 e. The third-order valence-corrected chi connectivity index (χ3v) is 4.95. The summed E-state index contributed by atoms with van der Waals surface area (Å²) in [6.45, 7) is 2.20. The lowest BCUT2D eigenvalue weighted by molar-refractivity contribution is -0.182. The van der Waals surface area contributed by atoms with Crippen LogP contribution in [0.15, 0.2) is 20.3 Å². The summed E-state index contributed by atoms with van der Waals surface area (Å²) in [7, 11) is 0. The van der Waals surface area contributed by atoms with Crippen LogP contribution in [-0.2, 0) is 23.9 Å². The van der Waals surface area contributed by atoms with E-state index in [4.69, 9.17) is 9.47 Å². The number of hydrogen-bond acceptors (Lipinski definition) is 9. The van der Waals surface area contributed by atoms with Crippen molar-refractivity contribution >= 4 is 33.5 Å². The molecule has 3 N–H and O–H groups in total. The lowest BCUT2D eigenvalue weighted by atomic mass is 9.75. The fourth-order valence-electron chi connectivity index (χ4n) is 2.98. The minimum Gasteiger partial charge on any atom is -0.463 e. The first-order valence-corrected chi connectivity index (χ1v) is 8.43. The van der Waals surface area contributed by atoms with Crippen LogP contribution >= 0.6 is 15.9 Å². The van der Waals surface area contributed by atoms with E-state index in [0.717, 1.165) is 27.0 Å². The molecule has 0 amide bonds. The van der Waals surface area contributed by atoms with Gasteiger partial charge in [0.1, 0.15) is 12.7 Å². The van der Waals surface area contributed by atoms with E-state index in [9.17, 15) is 34.2 Å². The number of aromatic amines is 1. The van der Waals surface area contributed by atoms with E-state index in [0.29, 0.717) is 4.57 Å². The molecule has 1 aromatic heterocycles. The Morgan fingerprint density at radius 3 is 2.26 bits per heavy atom. The molecule has 2 rings (SSSR count). The summed E-state index contributed by atoms with van der Waals surface area (Å²) < 4.78 is 10.7. The summed E-state index contributed by atoms with van der Waals surface area (Å²) in [5, 5.41) is 22.0. The largest absolute Gasteiger partial charge is 0.463 e. The van der Waals surface area contributed by atoms with Crippen LogP contribution in [0, 0.1) is 0 Å². The predicted molar refractivity (Wildman–Crippen MR) is 90.8 cm³/mol. The van der Waals surface area contributed by atoms with E-state index in [1.165, 1.54) is 0 Å². The number of H-pyrrole nitrogens is 1. The number of halogens is 1. The Morgan fingerprint density at radius 2 is 1.78 bits per heavy atom. The Balaban J connectivity index is 2.71. The van der Waals surface area contributed by atoms with E-state index in [-0.39, 0.29) is 4.47 Å². The fourth-order valence-corrected chi connectivity index (χ4v) is 3.30. The van der Waals surface area contributed by atoms with Gasteiger partial charge < -0.3 is 19.7 Å². The number of aromatic nitrogens is 2. The highest BCUT2D eigenvalue weighted by atomic mass is 79.9. The van der Waals surface area contributed by atoms with E-state index in [1.807, 2.05) is 4.98 Å². The second kappa shape index (κ2) is 7.11. The van der Waals surface area contributed by atoms with Gasteiger partial charge in [0.2, 0.25) is 5.60 Å². The van der Waals surface area contributed by atoms with Crippen LogP contribution in [0.2, 0.25) is 0 Å². The third kappa shape index (κ3) is 3.18. The van der Waals surface area contributed by atoms with Crippen LogP contribution in [0.1, 0.15) is 27.0 Å². The SMILES string of the molecule is CC(=O)OC[C@H]1O[C@@H](n2cc(Br)c(=O)[nH]c2=O)[C@@](O)(C(C)=O)[C@@]1(O)C(C)=O. The number of ketones is 2. The second-order valence-corrected chi connectivity index (χ2v) is 6.92. The van der Waals surface area contributed by atoms with Crippen molar-refractivity contribution in [2.75, 3.05) is 6.61 Å². The molecule has 148 valence electrons. The average molecular weight is 449 g/mol. The molecule has 11 nitrogen and oxygen atoms in total. The predicted octanol–water partition coefficient (Wildman–Crippen LogP) is -1.60.